The summed E-state index contributed by atoms with van der Waals surface area (Å²) in [5.74, 6) is -1.69. The van der Waals surface area contributed by atoms with E-state index in [1.165, 1.54) is 65.2 Å². The molecule has 10 aromatic rings. The van der Waals surface area contributed by atoms with Gasteiger partial charge in [-0.25, -0.2) is 23.7 Å². The molecule has 10 rings (SSSR count). The summed E-state index contributed by atoms with van der Waals surface area (Å²) in [6, 6.07) is 34.4. The molecule has 0 N–H and O–H groups in total. The van der Waals surface area contributed by atoms with E-state index in [0.717, 1.165) is 6.07 Å². The van der Waals surface area contributed by atoms with E-state index in [-0.39, 0.29) is 84.9 Å². The number of hydrogen-bond acceptors (Lipinski definition) is 3. The maximum Gasteiger partial charge on any atom is 0.416 e. The van der Waals surface area contributed by atoms with Gasteiger partial charge in [-0.15, -0.1) is 0 Å². The topological polar surface area (TPSA) is 43.6 Å². The number of fused-ring (bicyclic) bond motifs is 3. The van der Waals surface area contributed by atoms with Crippen molar-refractivity contribution in [3.8, 4) is 73.2 Å². The Bertz CT molecular complexity index is 3510. The van der Waals surface area contributed by atoms with Crippen molar-refractivity contribution in [1.82, 2.24) is 19.5 Å². The lowest BCUT2D eigenvalue weighted by Gasteiger charge is -2.18. The van der Waals surface area contributed by atoms with E-state index in [4.69, 9.17) is 15.0 Å². The average Bonchev–Trinajstić information content (AvgIpc) is 3.68. The maximum atomic E-state index is 15.7. The molecular formula is C55H28F14N4. The Morgan fingerprint density at radius 1 is 0.315 bits per heavy atom. The minimum Gasteiger partial charge on any atom is -0.308 e. The Kier molecular flexibility index (Phi) is 11.7. The fourth-order valence-corrected chi connectivity index (χ4v) is 8.61. The van der Waals surface area contributed by atoms with E-state index in [1.807, 2.05) is 0 Å². The first-order valence-electron chi connectivity index (χ1n) is 21.6. The van der Waals surface area contributed by atoms with Crippen molar-refractivity contribution >= 4 is 21.8 Å². The van der Waals surface area contributed by atoms with Gasteiger partial charge in [0.25, 0.3) is 0 Å². The van der Waals surface area contributed by atoms with Gasteiger partial charge in [-0.3, -0.25) is 0 Å². The summed E-state index contributed by atoms with van der Waals surface area (Å²) in [6.45, 7) is 0. The fraction of sp³-hybridized carbons (Fsp3) is 0.0727. The first-order chi connectivity index (χ1) is 34.5. The molecule has 0 bridgehead atoms. The SMILES string of the molecule is Fc1ccc(-c2ccc(-n3c4cc(-c5cc(C(F)(F)F)cc(C(F)(F)F)c5)ccc4c4ccc(-c5cc(C(F)(F)F)cc(C(F)(F)F)c5)cc43)c(-c3nc(-c4ccccc4)nc(-c4ccccc4)n3)c2)c(F)c1. The van der Waals surface area contributed by atoms with Crippen LogP contribution in [0.2, 0.25) is 0 Å². The second kappa shape index (κ2) is 17.7. The molecule has 0 saturated carbocycles. The zero-order chi connectivity index (χ0) is 51.8. The normalized spacial score (nSPS) is 12.5. The van der Waals surface area contributed by atoms with Crippen molar-refractivity contribution in [1.29, 1.82) is 0 Å². The fourth-order valence-electron chi connectivity index (χ4n) is 8.61. The minimum atomic E-state index is -5.22. The van der Waals surface area contributed by atoms with Gasteiger partial charge in [0.2, 0.25) is 0 Å². The lowest BCUT2D eigenvalue weighted by molar-refractivity contribution is -0.144. The second-order valence-electron chi connectivity index (χ2n) is 16.8. The van der Waals surface area contributed by atoms with Crippen LogP contribution in [0.25, 0.3) is 95.0 Å². The third-order valence-electron chi connectivity index (χ3n) is 12.0. The van der Waals surface area contributed by atoms with Gasteiger partial charge in [0.05, 0.1) is 39.0 Å². The van der Waals surface area contributed by atoms with E-state index in [1.54, 1.807) is 60.7 Å². The molecule has 8 aromatic carbocycles. The lowest BCUT2D eigenvalue weighted by atomic mass is 9.97. The molecule has 2 heterocycles. The molecular weight excluding hydrogens is 983 g/mol. The molecule has 0 aliphatic heterocycles. The molecule has 4 nitrogen and oxygen atoms in total. The molecule has 2 aromatic heterocycles. The van der Waals surface area contributed by atoms with E-state index in [2.05, 4.69) is 0 Å². The van der Waals surface area contributed by atoms with Crippen LogP contribution in [0.4, 0.5) is 61.5 Å². The van der Waals surface area contributed by atoms with Gasteiger partial charge in [-0.05, 0) is 101 Å². The van der Waals surface area contributed by atoms with E-state index in [0.29, 0.717) is 41.5 Å². The number of rotatable bonds is 7. The van der Waals surface area contributed by atoms with Gasteiger partial charge in [-0.1, -0.05) is 91.0 Å². The van der Waals surface area contributed by atoms with Crippen molar-refractivity contribution in [2.45, 2.75) is 24.7 Å². The van der Waals surface area contributed by atoms with Crippen LogP contribution in [0, 0.1) is 11.6 Å². The van der Waals surface area contributed by atoms with Crippen LogP contribution in [-0.2, 0) is 24.7 Å². The quantitative estimate of drug-likeness (QED) is 0.149. The molecule has 366 valence electrons. The minimum absolute atomic E-state index is 0.0293. The van der Waals surface area contributed by atoms with Crippen LogP contribution >= 0.6 is 0 Å². The highest BCUT2D eigenvalue weighted by Gasteiger charge is 2.39. The number of alkyl halides is 12. The van der Waals surface area contributed by atoms with Crippen LogP contribution in [-0.4, -0.2) is 19.5 Å². The van der Waals surface area contributed by atoms with E-state index in [9.17, 15) is 57.1 Å². The summed E-state index contributed by atoms with van der Waals surface area (Å²) >= 11 is 0. The first kappa shape index (κ1) is 48.2. The van der Waals surface area contributed by atoms with Gasteiger partial charge < -0.3 is 4.57 Å². The van der Waals surface area contributed by atoms with Crippen molar-refractivity contribution in [3.63, 3.8) is 0 Å². The Morgan fingerprint density at radius 3 is 1.14 bits per heavy atom. The summed E-state index contributed by atoms with van der Waals surface area (Å²) in [4.78, 5) is 14.4. The van der Waals surface area contributed by atoms with Gasteiger partial charge >= 0.3 is 24.7 Å². The maximum absolute atomic E-state index is 15.7. The summed E-state index contributed by atoms with van der Waals surface area (Å²) in [5.41, 5.74) is -6.44. The highest BCUT2D eigenvalue weighted by atomic mass is 19.4. The van der Waals surface area contributed by atoms with Crippen molar-refractivity contribution in [3.05, 3.63) is 204 Å². The third-order valence-corrected chi connectivity index (χ3v) is 12.0. The molecule has 0 amide bonds. The molecule has 0 spiro atoms. The first-order valence-corrected chi connectivity index (χ1v) is 21.6. The van der Waals surface area contributed by atoms with E-state index >= 15 is 4.39 Å². The zero-order valence-electron chi connectivity index (χ0n) is 36.7. The number of halogens is 14. The predicted molar refractivity (Wildman–Crippen MR) is 247 cm³/mol. The molecule has 0 radical (unpaired) electrons. The van der Waals surface area contributed by atoms with Crippen molar-refractivity contribution in [2.75, 3.05) is 0 Å². The average molecular weight is 1010 g/mol. The molecule has 73 heavy (non-hydrogen) atoms. The van der Waals surface area contributed by atoms with Gasteiger partial charge in [0.1, 0.15) is 11.6 Å². The van der Waals surface area contributed by atoms with Crippen LogP contribution in [0.5, 0.6) is 0 Å². The van der Waals surface area contributed by atoms with Crippen LogP contribution in [0.3, 0.4) is 0 Å². The molecule has 0 aliphatic carbocycles. The zero-order valence-corrected chi connectivity index (χ0v) is 36.7. The molecule has 0 saturated heterocycles. The predicted octanol–water partition coefficient (Wildman–Crippen LogP) is 17.3. The largest absolute Gasteiger partial charge is 0.416 e. The highest BCUT2D eigenvalue weighted by Crippen LogP contribution is 2.45. The Morgan fingerprint density at radius 2 is 0.726 bits per heavy atom. The third kappa shape index (κ3) is 9.47. The Hall–Kier alpha value is -8.41. The van der Waals surface area contributed by atoms with Crippen molar-refractivity contribution < 1.29 is 61.5 Å². The molecule has 0 unspecified atom stereocenters. The smallest absolute Gasteiger partial charge is 0.308 e. The number of hydrogen-bond donors (Lipinski definition) is 0. The highest BCUT2D eigenvalue weighted by molar-refractivity contribution is 6.11. The monoisotopic (exact) mass is 1010 g/mol. The standard InChI is InChI=1S/C55H28F14N4/c56-40-14-17-41(45(57)28-40)33-13-18-46(44(23-33)51-71-49(29-7-3-1-4-8-29)70-50(72-51)30-9-5-2-6-10-30)73-47-24-31(34-19-36(52(58,59)60)26-37(20-34)53(61,62)63)11-15-42(47)43-16-12-32(25-48(43)73)35-21-38(54(64,65)66)27-39(22-35)55(67,68)69/h1-28H. The van der Waals surface area contributed by atoms with Crippen LogP contribution < -0.4 is 0 Å². The van der Waals surface area contributed by atoms with Crippen LogP contribution in [0.1, 0.15) is 22.3 Å². The van der Waals surface area contributed by atoms with Gasteiger partial charge in [-0.2, -0.15) is 52.7 Å². The summed E-state index contributed by atoms with van der Waals surface area (Å²) in [7, 11) is 0. The molecule has 0 fully saturated rings. The lowest BCUT2D eigenvalue weighted by Crippen LogP contribution is -2.11. The van der Waals surface area contributed by atoms with Gasteiger partial charge in [0, 0.05) is 39.1 Å². The summed E-state index contributed by atoms with van der Waals surface area (Å²) < 4.78 is 202. The van der Waals surface area contributed by atoms with Gasteiger partial charge in [0.15, 0.2) is 17.5 Å². The molecule has 0 atom stereocenters. The molecule has 18 heteroatoms. The Balaban J connectivity index is 1.33. The number of benzene rings is 8. The van der Waals surface area contributed by atoms with E-state index < -0.39 is 69.7 Å². The van der Waals surface area contributed by atoms with Crippen molar-refractivity contribution in [2.24, 2.45) is 0 Å². The molecule has 0 aliphatic rings. The summed E-state index contributed by atoms with van der Waals surface area (Å²) in [5, 5.41) is 0.553. The second-order valence-corrected chi connectivity index (χ2v) is 16.8. The number of aromatic nitrogens is 4. The Labute approximate surface area is 403 Å². The summed E-state index contributed by atoms with van der Waals surface area (Å²) in [6.07, 6.45) is -20.9. The number of nitrogens with zero attached hydrogens (tertiary/aromatic N) is 4. The van der Waals surface area contributed by atoms with Crippen LogP contribution in [0.15, 0.2) is 170 Å².